The van der Waals surface area contributed by atoms with Gasteiger partial charge in [0.25, 0.3) is 0 Å². The van der Waals surface area contributed by atoms with Crippen molar-refractivity contribution in [3.05, 3.63) is 56.4 Å². The Bertz CT molecular complexity index is 484. The van der Waals surface area contributed by atoms with E-state index in [1.165, 1.54) is 10.9 Å². The van der Waals surface area contributed by atoms with Gasteiger partial charge in [0.05, 0.1) is 3.79 Å². The Morgan fingerprint density at radius 1 is 1.24 bits per heavy atom. The van der Waals surface area contributed by atoms with Crippen molar-refractivity contribution in [3.63, 3.8) is 0 Å². The smallest absolute Gasteiger partial charge is 0.123 e. The summed E-state index contributed by atoms with van der Waals surface area (Å²) in [6.07, 6.45) is 0.851. The summed E-state index contributed by atoms with van der Waals surface area (Å²) < 4.78 is 14.1. The molecular formula is C13H13BrFNS. The summed E-state index contributed by atoms with van der Waals surface area (Å²) in [4.78, 5) is 1.30. The van der Waals surface area contributed by atoms with Crippen molar-refractivity contribution in [3.8, 4) is 0 Å². The highest BCUT2D eigenvalue weighted by molar-refractivity contribution is 9.11. The molecule has 0 aliphatic heterocycles. The molecule has 0 aliphatic carbocycles. The average molecular weight is 314 g/mol. The molecule has 0 radical (unpaired) electrons. The molecule has 0 unspecified atom stereocenters. The maximum atomic E-state index is 12.9. The van der Waals surface area contributed by atoms with Crippen LogP contribution in [0.25, 0.3) is 0 Å². The Hall–Kier alpha value is -0.710. The summed E-state index contributed by atoms with van der Waals surface area (Å²) in [5.74, 6) is -0.162. The molecule has 90 valence electrons. The molecule has 0 amide bonds. The van der Waals surface area contributed by atoms with Gasteiger partial charge >= 0.3 is 0 Å². The van der Waals surface area contributed by atoms with Gasteiger partial charge in [-0.1, -0.05) is 12.1 Å². The Morgan fingerprint density at radius 2 is 2.12 bits per heavy atom. The third-order valence-corrected chi connectivity index (χ3v) is 4.03. The third kappa shape index (κ3) is 4.22. The molecule has 1 nitrogen and oxygen atoms in total. The molecule has 2 aromatic rings. The van der Waals surface area contributed by atoms with Crippen molar-refractivity contribution >= 4 is 27.3 Å². The first-order valence-corrected chi connectivity index (χ1v) is 7.04. The summed E-state index contributed by atoms with van der Waals surface area (Å²) in [5.41, 5.74) is 1.03. The lowest BCUT2D eigenvalue weighted by molar-refractivity contribution is 0.623. The summed E-state index contributed by atoms with van der Waals surface area (Å²) in [6, 6.07) is 10.9. The molecule has 0 saturated heterocycles. The minimum Gasteiger partial charge on any atom is -0.312 e. The van der Waals surface area contributed by atoms with E-state index in [4.69, 9.17) is 0 Å². The van der Waals surface area contributed by atoms with Gasteiger partial charge in [-0.05, 0) is 58.7 Å². The van der Waals surface area contributed by atoms with Crippen molar-refractivity contribution < 1.29 is 4.39 Å². The molecule has 0 saturated carbocycles. The first-order chi connectivity index (χ1) is 8.24. The second kappa shape index (κ2) is 6.28. The number of halogens is 2. The van der Waals surface area contributed by atoms with Crippen molar-refractivity contribution in [1.82, 2.24) is 5.32 Å². The van der Waals surface area contributed by atoms with Crippen LogP contribution < -0.4 is 5.32 Å². The molecule has 1 aromatic carbocycles. The second-order valence-electron chi connectivity index (χ2n) is 3.76. The molecule has 0 bridgehead atoms. The normalized spacial score (nSPS) is 10.7. The lowest BCUT2D eigenvalue weighted by atomic mass is 10.1. The summed E-state index contributed by atoms with van der Waals surface area (Å²) in [6.45, 7) is 1.73. The number of rotatable bonds is 5. The topological polar surface area (TPSA) is 12.0 Å². The SMILES string of the molecule is Fc1cccc(CCNCc2ccc(Br)s2)c1. The maximum Gasteiger partial charge on any atom is 0.123 e. The van der Waals surface area contributed by atoms with E-state index in [-0.39, 0.29) is 5.82 Å². The maximum absolute atomic E-state index is 12.9. The molecule has 2 rings (SSSR count). The fourth-order valence-corrected chi connectivity index (χ4v) is 3.04. The van der Waals surface area contributed by atoms with Gasteiger partial charge in [0.2, 0.25) is 0 Å². The predicted molar refractivity (Wildman–Crippen MR) is 73.8 cm³/mol. The van der Waals surface area contributed by atoms with E-state index in [1.54, 1.807) is 23.5 Å². The minimum atomic E-state index is -0.162. The second-order valence-corrected chi connectivity index (χ2v) is 6.31. The highest BCUT2D eigenvalue weighted by atomic mass is 79.9. The number of benzene rings is 1. The largest absolute Gasteiger partial charge is 0.312 e. The van der Waals surface area contributed by atoms with E-state index < -0.39 is 0 Å². The lowest BCUT2D eigenvalue weighted by Crippen LogP contribution is -2.15. The number of thiophene rings is 1. The van der Waals surface area contributed by atoms with Gasteiger partial charge in [0, 0.05) is 11.4 Å². The Balaban J connectivity index is 1.73. The zero-order valence-electron chi connectivity index (χ0n) is 9.25. The van der Waals surface area contributed by atoms with E-state index >= 15 is 0 Å². The molecule has 4 heteroatoms. The first kappa shape index (κ1) is 12.7. The molecule has 0 atom stereocenters. The quantitative estimate of drug-likeness (QED) is 0.823. The predicted octanol–water partition coefficient (Wildman–Crippen LogP) is 3.98. The van der Waals surface area contributed by atoms with Crippen LogP contribution in [0, 0.1) is 5.82 Å². The zero-order chi connectivity index (χ0) is 12.1. The molecule has 0 aliphatic rings. The molecule has 0 fully saturated rings. The summed E-state index contributed by atoms with van der Waals surface area (Å²) in [5, 5.41) is 3.35. The highest BCUT2D eigenvalue weighted by Crippen LogP contribution is 2.21. The molecule has 1 aromatic heterocycles. The molecule has 1 heterocycles. The number of nitrogens with one attached hydrogen (secondary N) is 1. The van der Waals surface area contributed by atoms with Crippen LogP contribution in [-0.2, 0) is 13.0 Å². The minimum absolute atomic E-state index is 0.162. The van der Waals surface area contributed by atoms with Gasteiger partial charge in [0.1, 0.15) is 5.82 Å². The summed E-state index contributed by atoms with van der Waals surface area (Å²) >= 11 is 5.17. The van der Waals surface area contributed by atoms with Crippen LogP contribution in [0.4, 0.5) is 4.39 Å². The standard InChI is InChI=1S/C13H13BrFNS/c14-13-5-4-12(17-13)9-16-7-6-10-2-1-3-11(15)8-10/h1-5,8,16H,6-7,9H2. The van der Waals surface area contributed by atoms with E-state index in [9.17, 15) is 4.39 Å². The lowest BCUT2D eigenvalue weighted by Gasteiger charge is -2.03. The van der Waals surface area contributed by atoms with Gasteiger partial charge in [-0.25, -0.2) is 4.39 Å². The fourth-order valence-electron chi connectivity index (χ4n) is 1.58. The van der Waals surface area contributed by atoms with Crippen molar-refractivity contribution in [2.24, 2.45) is 0 Å². The van der Waals surface area contributed by atoms with E-state index in [1.807, 2.05) is 12.1 Å². The first-order valence-electron chi connectivity index (χ1n) is 5.43. The van der Waals surface area contributed by atoms with Crippen LogP contribution in [0.5, 0.6) is 0 Å². The molecular weight excluding hydrogens is 301 g/mol. The van der Waals surface area contributed by atoms with Gasteiger partial charge in [-0.3, -0.25) is 0 Å². The highest BCUT2D eigenvalue weighted by Gasteiger charge is 1.98. The van der Waals surface area contributed by atoms with E-state index in [0.29, 0.717) is 0 Å². The monoisotopic (exact) mass is 313 g/mol. The van der Waals surface area contributed by atoms with Crippen molar-refractivity contribution in [2.75, 3.05) is 6.54 Å². The van der Waals surface area contributed by atoms with Crippen LogP contribution in [-0.4, -0.2) is 6.54 Å². The van der Waals surface area contributed by atoms with Crippen LogP contribution in [0.3, 0.4) is 0 Å². The molecule has 0 spiro atoms. The summed E-state index contributed by atoms with van der Waals surface area (Å²) in [7, 11) is 0. The Labute approximate surface area is 113 Å². The van der Waals surface area contributed by atoms with Gasteiger partial charge in [0.15, 0.2) is 0 Å². The van der Waals surface area contributed by atoms with Gasteiger partial charge in [-0.2, -0.15) is 0 Å². The van der Waals surface area contributed by atoms with E-state index in [0.717, 1.165) is 28.9 Å². The van der Waals surface area contributed by atoms with Gasteiger partial charge in [-0.15, -0.1) is 11.3 Å². The third-order valence-electron chi connectivity index (χ3n) is 2.41. The molecule has 17 heavy (non-hydrogen) atoms. The Kier molecular flexibility index (Phi) is 4.71. The average Bonchev–Trinajstić information content (AvgIpc) is 2.71. The van der Waals surface area contributed by atoms with Crippen LogP contribution in [0.2, 0.25) is 0 Å². The van der Waals surface area contributed by atoms with Crippen LogP contribution >= 0.6 is 27.3 Å². The Morgan fingerprint density at radius 3 is 2.82 bits per heavy atom. The van der Waals surface area contributed by atoms with E-state index in [2.05, 4.69) is 27.3 Å². The molecule has 1 N–H and O–H groups in total. The van der Waals surface area contributed by atoms with Crippen molar-refractivity contribution in [2.45, 2.75) is 13.0 Å². The fraction of sp³-hybridized carbons (Fsp3) is 0.231. The van der Waals surface area contributed by atoms with Crippen LogP contribution in [0.15, 0.2) is 40.2 Å². The number of hydrogen-bond donors (Lipinski definition) is 1. The van der Waals surface area contributed by atoms with Gasteiger partial charge < -0.3 is 5.32 Å². The van der Waals surface area contributed by atoms with Crippen molar-refractivity contribution in [1.29, 1.82) is 0 Å². The number of hydrogen-bond acceptors (Lipinski definition) is 2. The van der Waals surface area contributed by atoms with Crippen LogP contribution in [0.1, 0.15) is 10.4 Å². The zero-order valence-corrected chi connectivity index (χ0v) is 11.7.